The summed E-state index contributed by atoms with van der Waals surface area (Å²) in [6.07, 6.45) is 7.59. The van der Waals surface area contributed by atoms with Crippen molar-refractivity contribution in [2.24, 2.45) is 5.92 Å². The van der Waals surface area contributed by atoms with E-state index >= 15 is 0 Å². The van der Waals surface area contributed by atoms with Gasteiger partial charge in [0.05, 0.1) is 0 Å². The molecule has 1 aromatic carbocycles. The first-order valence-electron chi connectivity index (χ1n) is 9.49. The molecule has 1 N–H and O–H groups in total. The molecule has 3 aromatic rings. The van der Waals surface area contributed by atoms with Crippen LogP contribution in [0, 0.1) is 5.92 Å². The van der Waals surface area contributed by atoms with E-state index in [1.54, 1.807) is 0 Å². The number of anilines is 1. The van der Waals surface area contributed by atoms with Crippen molar-refractivity contribution in [3.8, 4) is 0 Å². The molecule has 0 spiro atoms. The molecule has 1 aliphatic heterocycles. The van der Waals surface area contributed by atoms with Crippen molar-refractivity contribution in [2.45, 2.75) is 18.9 Å². The maximum absolute atomic E-state index is 4.70. The standard InChI is InChI=1S/C22H25N5/c1-27-13-10-19(22(27)18-8-5-11-23-15-18)16-25-20-9-12-24-21(26-20)14-17-6-3-2-4-7-17/h2-9,11-12,15,19,22H,10,13-14,16H2,1H3,(H,24,25,26)/t19-,22-/m0/s1. The van der Waals surface area contributed by atoms with E-state index in [4.69, 9.17) is 4.98 Å². The summed E-state index contributed by atoms with van der Waals surface area (Å²) in [4.78, 5) is 15.8. The molecule has 0 amide bonds. The molecule has 2 atom stereocenters. The Bertz CT molecular complexity index is 853. The number of hydrogen-bond donors (Lipinski definition) is 1. The minimum atomic E-state index is 0.400. The summed E-state index contributed by atoms with van der Waals surface area (Å²) in [7, 11) is 2.19. The highest BCUT2D eigenvalue weighted by Gasteiger charge is 2.32. The van der Waals surface area contributed by atoms with E-state index in [1.165, 1.54) is 17.5 Å². The van der Waals surface area contributed by atoms with E-state index in [1.807, 2.05) is 48.9 Å². The van der Waals surface area contributed by atoms with E-state index in [-0.39, 0.29) is 0 Å². The van der Waals surface area contributed by atoms with Crippen LogP contribution in [-0.4, -0.2) is 40.0 Å². The van der Waals surface area contributed by atoms with Gasteiger partial charge in [0.2, 0.25) is 0 Å². The number of benzene rings is 1. The first-order valence-corrected chi connectivity index (χ1v) is 9.49. The Kier molecular flexibility index (Phi) is 5.39. The van der Waals surface area contributed by atoms with Gasteiger partial charge in [-0.3, -0.25) is 9.88 Å². The Morgan fingerprint density at radius 2 is 1.96 bits per heavy atom. The van der Waals surface area contributed by atoms with Gasteiger partial charge in [0.15, 0.2) is 0 Å². The van der Waals surface area contributed by atoms with Crippen LogP contribution in [0.1, 0.15) is 29.4 Å². The Morgan fingerprint density at radius 3 is 2.78 bits per heavy atom. The molecule has 2 aromatic heterocycles. The van der Waals surface area contributed by atoms with E-state index in [0.29, 0.717) is 12.0 Å². The topological polar surface area (TPSA) is 53.9 Å². The first-order chi connectivity index (χ1) is 13.3. The van der Waals surface area contributed by atoms with E-state index in [2.05, 4.69) is 45.4 Å². The lowest BCUT2D eigenvalue weighted by atomic mass is 9.95. The van der Waals surface area contributed by atoms with Crippen LogP contribution in [0.15, 0.2) is 67.1 Å². The smallest absolute Gasteiger partial charge is 0.135 e. The largest absolute Gasteiger partial charge is 0.370 e. The van der Waals surface area contributed by atoms with Crippen molar-refractivity contribution >= 4 is 5.82 Å². The van der Waals surface area contributed by atoms with Gasteiger partial charge < -0.3 is 5.32 Å². The molecule has 1 saturated heterocycles. The van der Waals surface area contributed by atoms with Crippen molar-refractivity contribution in [3.05, 3.63) is 84.1 Å². The van der Waals surface area contributed by atoms with Gasteiger partial charge in [-0.2, -0.15) is 0 Å². The molecular weight excluding hydrogens is 334 g/mol. The van der Waals surface area contributed by atoms with Crippen molar-refractivity contribution in [1.29, 1.82) is 0 Å². The second kappa shape index (κ2) is 8.27. The summed E-state index contributed by atoms with van der Waals surface area (Å²) in [5.74, 6) is 2.28. The van der Waals surface area contributed by atoms with Crippen molar-refractivity contribution in [3.63, 3.8) is 0 Å². The quantitative estimate of drug-likeness (QED) is 0.729. The molecule has 5 heteroatoms. The zero-order valence-corrected chi connectivity index (χ0v) is 15.6. The highest BCUT2D eigenvalue weighted by Crippen LogP contribution is 2.35. The Hall–Kier alpha value is -2.79. The summed E-state index contributed by atoms with van der Waals surface area (Å²) in [6.45, 7) is 2.00. The normalized spacial score (nSPS) is 19.9. The predicted octanol–water partition coefficient (Wildman–Crippen LogP) is 3.57. The summed E-state index contributed by atoms with van der Waals surface area (Å²) in [5, 5.41) is 3.53. The molecule has 1 aliphatic rings. The molecule has 0 radical (unpaired) electrons. The number of rotatable bonds is 6. The molecule has 0 unspecified atom stereocenters. The monoisotopic (exact) mass is 359 g/mol. The van der Waals surface area contributed by atoms with Crippen LogP contribution in [0.5, 0.6) is 0 Å². The first kappa shape index (κ1) is 17.6. The van der Waals surface area contributed by atoms with E-state index in [9.17, 15) is 0 Å². The van der Waals surface area contributed by atoms with Crippen LogP contribution in [-0.2, 0) is 6.42 Å². The number of aromatic nitrogens is 3. The maximum Gasteiger partial charge on any atom is 0.135 e. The second-order valence-corrected chi connectivity index (χ2v) is 7.16. The average molecular weight is 359 g/mol. The van der Waals surface area contributed by atoms with Crippen LogP contribution >= 0.6 is 0 Å². The Labute approximate surface area is 160 Å². The van der Waals surface area contributed by atoms with Gasteiger partial charge in [-0.05, 0) is 49.2 Å². The lowest BCUT2D eigenvalue weighted by Crippen LogP contribution is -2.25. The molecule has 0 bridgehead atoms. The van der Waals surface area contributed by atoms with E-state index in [0.717, 1.165) is 31.2 Å². The third-order valence-corrected chi connectivity index (χ3v) is 5.26. The fourth-order valence-corrected chi connectivity index (χ4v) is 3.91. The van der Waals surface area contributed by atoms with Gasteiger partial charge in [-0.15, -0.1) is 0 Å². The second-order valence-electron chi connectivity index (χ2n) is 7.16. The zero-order valence-electron chi connectivity index (χ0n) is 15.6. The molecule has 4 rings (SSSR count). The highest BCUT2D eigenvalue weighted by molar-refractivity contribution is 5.34. The summed E-state index contributed by atoms with van der Waals surface area (Å²) >= 11 is 0. The fourth-order valence-electron chi connectivity index (χ4n) is 3.91. The molecule has 0 saturated carbocycles. The van der Waals surface area contributed by atoms with Crippen LogP contribution in [0.25, 0.3) is 0 Å². The van der Waals surface area contributed by atoms with Crippen LogP contribution in [0.2, 0.25) is 0 Å². The Morgan fingerprint density at radius 1 is 1.07 bits per heavy atom. The highest BCUT2D eigenvalue weighted by atomic mass is 15.2. The van der Waals surface area contributed by atoms with Gasteiger partial charge in [-0.1, -0.05) is 36.4 Å². The number of nitrogens with one attached hydrogen (secondary N) is 1. The van der Waals surface area contributed by atoms with Crippen molar-refractivity contribution < 1.29 is 0 Å². The average Bonchev–Trinajstić information content (AvgIpc) is 3.08. The lowest BCUT2D eigenvalue weighted by molar-refractivity contribution is 0.281. The predicted molar refractivity (Wildman–Crippen MR) is 107 cm³/mol. The van der Waals surface area contributed by atoms with Crippen molar-refractivity contribution in [1.82, 2.24) is 19.9 Å². The number of hydrogen-bond acceptors (Lipinski definition) is 5. The molecule has 3 heterocycles. The van der Waals surface area contributed by atoms with Gasteiger partial charge in [-0.25, -0.2) is 9.97 Å². The molecular formula is C22H25N5. The SMILES string of the molecule is CN1CC[C@@H](CNc2ccnc(Cc3ccccc3)n2)[C@@H]1c1cccnc1. The molecule has 0 aliphatic carbocycles. The van der Waals surface area contributed by atoms with E-state index < -0.39 is 0 Å². The molecule has 27 heavy (non-hydrogen) atoms. The number of pyridine rings is 1. The van der Waals surface area contributed by atoms with Gasteiger partial charge >= 0.3 is 0 Å². The maximum atomic E-state index is 4.70. The van der Waals surface area contributed by atoms with Crippen LogP contribution < -0.4 is 5.32 Å². The number of likely N-dealkylation sites (tertiary alicyclic amines) is 1. The number of nitrogens with zero attached hydrogens (tertiary/aromatic N) is 4. The van der Waals surface area contributed by atoms with Gasteiger partial charge in [0.25, 0.3) is 0 Å². The summed E-state index contributed by atoms with van der Waals surface area (Å²) in [5.41, 5.74) is 2.51. The van der Waals surface area contributed by atoms with Gasteiger partial charge in [0, 0.05) is 37.6 Å². The molecule has 5 nitrogen and oxygen atoms in total. The van der Waals surface area contributed by atoms with Crippen LogP contribution in [0.3, 0.4) is 0 Å². The zero-order chi connectivity index (χ0) is 18.5. The molecule has 138 valence electrons. The van der Waals surface area contributed by atoms with Crippen molar-refractivity contribution in [2.75, 3.05) is 25.5 Å². The molecule has 1 fully saturated rings. The fraction of sp³-hybridized carbons (Fsp3) is 0.318. The van der Waals surface area contributed by atoms with Gasteiger partial charge in [0.1, 0.15) is 11.6 Å². The third kappa shape index (κ3) is 4.31. The minimum Gasteiger partial charge on any atom is -0.370 e. The third-order valence-electron chi connectivity index (χ3n) is 5.26. The summed E-state index contributed by atoms with van der Waals surface area (Å²) < 4.78 is 0. The summed E-state index contributed by atoms with van der Waals surface area (Å²) in [6, 6.07) is 16.9. The van der Waals surface area contributed by atoms with Crippen LogP contribution in [0.4, 0.5) is 5.82 Å². The minimum absolute atomic E-state index is 0.400. The lowest BCUT2D eigenvalue weighted by Gasteiger charge is -2.25. The Balaban J connectivity index is 1.42.